The van der Waals surface area contributed by atoms with Crippen LogP contribution in [0, 0.1) is 0 Å². The zero-order chi connectivity index (χ0) is 23.7. The summed E-state index contributed by atoms with van der Waals surface area (Å²) in [4.78, 5) is 0. The summed E-state index contributed by atoms with van der Waals surface area (Å²) in [6, 6.07) is 21.6. The van der Waals surface area contributed by atoms with Crippen LogP contribution in [0.5, 0.6) is 0 Å². The smallest absolute Gasteiger partial charge is 0.234 e. The van der Waals surface area contributed by atoms with Gasteiger partial charge < -0.3 is 0 Å². The van der Waals surface area contributed by atoms with Crippen LogP contribution in [-0.4, -0.2) is 4.57 Å². The van der Waals surface area contributed by atoms with Crippen LogP contribution in [0.1, 0.15) is 108 Å². The van der Waals surface area contributed by atoms with Gasteiger partial charge in [0, 0.05) is 0 Å². The lowest BCUT2D eigenvalue weighted by Crippen LogP contribution is -2.37. The van der Waals surface area contributed by atoms with E-state index in [2.05, 4.69) is 89.1 Å². The van der Waals surface area contributed by atoms with Gasteiger partial charge in [-0.2, -0.15) is 4.57 Å². The van der Waals surface area contributed by atoms with Gasteiger partial charge in [0.25, 0.3) is 5.82 Å². The third-order valence-corrected chi connectivity index (χ3v) is 7.00. The quantitative estimate of drug-likeness (QED) is 0.133. The molecular weight excluding hydrogens is 412 g/mol. The van der Waals surface area contributed by atoms with Crippen LogP contribution in [-0.2, 0) is 13.0 Å². The van der Waals surface area contributed by atoms with Crippen molar-refractivity contribution < 1.29 is 4.57 Å². The summed E-state index contributed by atoms with van der Waals surface area (Å²) in [7, 11) is 0. The molecule has 0 amide bonds. The molecule has 0 unspecified atom stereocenters. The first kappa shape index (κ1) is 26.3. The monoisotopic (exact) mass is 459 g/mol. The van der Waals surface area contributed by atoms with Gasteiger partial charge in [-0.3, -0.25) is 0 Å². The summed E-state index contributed by atoms with van der Waals surface area (Å²) in [6.45, 7) is 3.41. The fraction of sp³-hybridized carbons (Fsp3) is 0.531. The SMILES string of the molecule is CCCCCCCCCCCCCCCC[n+]1ccn(-c2ccccc2)c1Cc1ccccc1. The molecule has 2 nitrogen and oxygen atoms in total. The van der Waals surface area contributed by atoms with Crippen molar-refractivity contribution in [2.24, 2.45) is 0 Å². The molecule has 0 fully saturated rings. The van der Waals surface area contributed by atoms with Gasteiger partial charge in [-0.15, -0.1) is 0 Å². The molecule has 0 atom stereocenters. The second-order valence-electron chi connectivity index (χ2n) is 9.87. The van der Waals surface area contributed by atoms with Crippen molar-refractivity contribution in [1.29, 1.82) is 0 Å². The van der Waals surface area contributed by atoms with E-state index in [9.17, 15) is 0 Å². The summed E-state index contributed by atoms with van der Waals surface area (Å²) in [6.07, 6.45) is 25.2. The predicted octanol–water partition coefficient (Wildman–Crippen LogP) is 8.84. The van der Waals surface area contributed by atoms with E-state index in [0.29, 0.717) is 0 Å². The van der Waals surface area contributed by atoms with E-state index in [1.165, 1.54) is 107 Å². The molecule has 0 bridgehead atoms. The summed E-state index contributed by atoms with van der Waals surface area (Å²) in [5.41, 5.74) is 2.61. The molecular formula is C32H47N2+. The van der Waals surface area contributed by atoms with E-state index in [4.69, 9.17) is 0 Å². The molecule has 1 aromatic heterocycles. The number of imidazole rings is 1. The zero-order valence-electron chi connectivity index (χ0n) is 21.6. The number of rotatable bonds is 18. The first-order valence-electron chi connectivity index (χ1n) is 14.1. The lowest BCUT2D eigenvalue weighted by molar-refractivity contribution is -0.703. The lowest BCUT2D eigenvalue weighted by Gasteiger charge is -2.06. The van der Waals surface area contributed by atoms with Gasteiger partial charge in [-0.05, 0) is 30.5 Å². The zero-order valence-corrected chi connectivity index (χ0v) is 21.6. The number of aromatic nitrogens is 2. The number of hydrogen-bond acceptors (Lipinski definition) is 0. The molecule has 0 saturated carbocycles. The van der Waals surface area contributed by atoms with Crippen LogP contribution in [0.25, 0.3) is 5.69 Å². The average molecular weight is 460 g/mol. The molecule has 0 aliphatic heterocycles. The largest absolute Gasteiger partial charge is 0.266 e. The Morgan fingerprint density at radius 3 is 1.65 bits per heavy atom. The van der Waals surface area contributed by atoms with Gasteiger partial charge in [0.2, 0.25) is 0 Å². The minimum Gasteiger partial charge on any atom is -0.234 e. The van der Waals surface area contributed by atoms with E-state index >= 15 is 0 Å². The van der Waals surface area contributed by atoms with Crippen molar-refractivity contribution in [3.8, 4) is 5.69 Å². The number of nitrogens with zero attached hydrogens (tertiary/aromatic N) is 2. The Kier molecular flexibility index (Phi) is 12.6. The number of aryl methyl sites for hydroxylation is 1. The maximum Gasteiger partial charge on any atom is 0.266 e. The van der Waals surface area contributed by atoms with Gasteiger partial charge in [-0.25, -0.2) is 4.57 Å². The van der Waals surface area contributed by atoms with Crippen LogP contribution in [0.2, 0.25) is 0 Å². The normalized spacial score (nSPS) is 11.2. The highest BCUT2D eigenvalue weighted by atomic mass is 15.1. The van der Waals surface area contributed by atoms with Crippen molar-refractivity contribution in [3.05, 3.63) is 84.4 Å². The van der Waals surface area contributed by atoms with E-state index < -0.39 is 0 Å². The highest BCUT2D eigenvalue weighted by Gasteiger charge is 2.19. The molecule has 0 saturated heterocycles. The summed E-state index contributed by atoms with van der Waals surface area (Å²) in [5, 5.41) is 0. The molecule has 0 spiro atoms. The van der Waals surface area contributed by atoms with Crippen LogP contribution >= 0.6 is 0 Å². The third-order valence-electron chi connectivity index (χ3n) is 7.00. The summed E-state index contributed by atoms with van der Waals surface area (Å²) in [5.74, 6) is 1.37. The van der Waals surface area contributed by atoms with Crippen molar-refractivity contribution >= 4 is 0 Å². The molecule has 2 aromatic carbocycles. The predicted molar refractivity (Wildman–Crippen MR) is 146 cm³/mol. The van der Waals surface area contributed by atoms with Gasteiger partial charge in [0.1, 0.15) is 18.1 Å². The molecule has 3 aromatic rings. The van der Waals surface area contributed by atoms with E-state index in [1.54, 1.807) is 0 Å². The molecule has 0 radical (unpaired) electrons. The van der Waals surface area contributed by atoms with Crippen LogP contribution in [0.15, 0.2) is 73.1 Å². The molecule has 34 heavy (non-hydrogen) atoms. The molecule has 184 valence electrons. The summed E-state index contributed by atoms with van der Waals surface area (Å²) < 4.78 is 4.83. The summed E-state index contributed by atoms with van der Waals surface area (Å²) >= 11 is 0. The maximum absolute atomic E-state index is 2.47. The van der Waals surface area contributed by atoms with E-state index in [0.717, 1.165) is 13.0 Å². The average Bonchev–Trinajstić information content (AvgIpc) is 3.27. The van der Waals surface area contributed by atoms with Crippen molar-refractivity contribution in [1.82, 2.24) is 4.57 Å². The van der Waals surface area contributed by atoms with Gasteiger partial charge in [0.05, 0.1) is 13.0 Å². The first-order valence-corrected chi connectivity index (χ1v) is 14.1. The standard InChI is InChI=1S/C32H47N2/c1-2-3-4-5-6-7-8-9-10-11-12-13-14-21-26-33-27-28-34(31-24-19-16-20-25-31)32(33)29-30-22-17-15-18-23-30/h15-20,22-25,27-28H,2-14,21,26,29H2,1H3/q+1. The Bertz CT molecular complexity index is 882. The lowest BCUT2D eigenvalue weighted by atomic mass is 10.0. The van der Waals surface area contributed by atoms with Gasteiger partial charge >= 0.3 is 0 Å². The second kappa shape index (κ2) is 16.3. The van der Waals surface area contributed by atoms with Crippen molar-refractivity contribution in [3.63, 3.8) is 0 Å². The number of hydrogen-bond donors (Lipinski definition) is 0. The maximum atomic E-state index is 2.47. The Labute approximate surface area is 209 Å². The Hall–Kier alpha value is -2.35. The minimum atomic E-state index is 0.960. The number of benzene rings is 2. The fourth-order valence-corrected chi connectivity index (χ4v) is 4.93. The van der Waals surface area contributed by atoms with Gasteiger partial charge in [0.15, 0.2) is 0 Å². The Morgan fingerprint density at radius 1 is 0.588 bits per heavy atom. The van der Waals surface area contributed by atoms with Crippen LogP contribution in [0.3, 0.4) is 0 Å². The molecule has 0 N–H and O–H groups in total. The molecule has 2 heteroatoms. The number of unbranched alkanes of at least 4 members (excludes halogenated alkanes) is 13. The first-order chi connectivity index (χ1) is 16.9. The number of para-hydroxylation sites is 1. The highest BCUT2D eigenvalue weighted by molar-refractivity contribution is 5.33. The Balaban J connectivity index is 1.36. The molecule has 0 aliphatic carbocycles. The topological polar surface area (TPSA) is 8.81 Å². The highest BCUT2D eigenvalue weighted by Crippen LogP contribution is 2.15. The second-order valence-corrected chi connectivity index (χ2v) is 9.87. The van der Waals surface area contributed by atoms with Crippen molar-refractivity contribution in [2.75, 3.05) is 0 Å². The van der Waals surface area contributed by atoms with Gasteiger partial charge in [-0.1, -0.05) is 133 Å². The van der Waals surface area contributed by atoms with E-state index in [-0.39, 0.29) is 0 Å². The molecule has 3 rings (SSSR count). The van der Waals surface area contributed by atoms with Crippen LogP contribution in [0.4, 0.5) is 0 Å². The third kappa shape index (κ3) is 9.49. The van der Waals surface area contributed by atoms with Crippen molar-refractivity contribution in [2.45, 2.75) is 110 Å². The molecule has 0 aliphatic rings. The van der Waals surface area contributed by atoms with E-state index in [1.807, 2.05) is 0 Å². The Morgan fingerprint density at radius 2 is 1.09 bits per heavy atom. The molecule has 1 heterocycles. The minimum absolute atomic E-state index is 0.960. The fourth-order valence-electron chi connectivity index (χ4n) is 4.93. The van der Waals surface area contributed by atoms with Crippen LogP contribution < -0.4 is 4.57 Å².